The van der Waals surface area contributed by atoms with Crippen LogP contribution < -0.4 is 5.32 Å². The SMILES string of the molecule is CN(C)S(=O)(=O)c1ccccc1CNC(=O)CN1CCCC1CN1CCCC1. The molecule has 2 heterocycles. The molecule has 7 nitrogen and oxygen atoms in total. The van der Waals surface area contributed by atoms with Gasteiger partial charge < -0.3 is 10.2 Å². The predicted molar refractivity (Wildman–Crippen MR) is 109 cm³/mol. The minimum atomic E-state index is -3.53. The summed E-state index contributed by atoms with van der Waals surface area (Å²) in [4.78, 5) is 17.5. The van der Waals surface area contributed by atoms with Gasteiger partial charge in [-0.15, -0.1) is 0 Å². The molecule has 1 N–H and O–H groups in total. The molecule has 1 aromatic rings. The molecule has 0 bridgehead atoms. The summed E-state index contributed by atoms with van der Waals surface area (Å²) in [5.74, 6) is -0.0506. The highest BCUT2D eigenvalue weighted by Crippen LogP contribution is 2.21. The van der Waals surface area contributed by atoms with E-state index < -0.39 is 10.0 Å². The second-order valence-corrected chi connectivity index (χ2v) is 10.1. The van der Waals surface area contributed by atoms with Crippen LogP contribution in [0.15, 0.2) is 29.2 Å². The molecular weight excluding hydrogens is 376 g/mol. The molecule has 2 aliphatic rings. The monoisotopic (exact) mass is 408 g/mol. The van der Waals surface area contributed by atoms with Crippen molar-refractivity contribution in [3.8, 4) is 0 Å². The summed E-state index contributed by atoms with van der Waals surface area (Å²) in [6.45, 7) is 4.95. The lowest BCUT2D eigenvalue weighted by Gasteiger charge is -2.28. The summed E-state index contributed by atoms with van der Waals surface area (Å²) in [6, 6.07) is 7.29. The zero-order valence-electron chi connectivity index (χ0n) is 16.9. The number of amides is 1. The van der Waals surface area contributed by atoms with Crippen LogP contribution in [-0.2, 0) is 21.4 Å². The van der Waals surface area contributed by atoms with Crippen molar-refractivity contribution in [1.82, 2.24) is 19.4 Å². The van der Waals surface area contributed by atoms with E-state index in [-0.39, 0.29) is 17.3 Å². The Balaban J connectivity index is 1.56. The van der Waals surface area contributed by atoms with E-state index in [9.17, 15) is 13.2 Å². The first kappa shape index (κ1) is 21.2. The molecule has 0 aromatic heterocycles. The summed E-state index contributed by atoms with van der Waals surface area (Å²) in [6.07, 6.45) is 4.84. The van der Waals surface area contributed by atoms with Crippen LogP contribution in [0, 0.1) is 0 Å². The topological polar surface area (TPSA) is 73.0 Å². The molecule has 0 radical (unpaired) electrons. The van der Waals surface area contributed by atoms with Crippen LogP contribution in [0.2, 0.25) is 0 Å². The molecule has 1 amide bonds. The van der Waals surface area contributed by atoms with Crippen molar-refractivity contribution in [2.75, 3.05) is 46.8 Å². The summed E-state index contributed by atoms with van der Waals surface area (Å²) >= 11 is 0. The van der Waals surface area contributed by atoms with E-state index in [2.05, 4.69) is 15.1 Å². The van der Waals surface area contributed by atoms with E-state index >= 15 is 0 Å². The van der Waals surface area contributed by atoms with Crippen LogP contribution in [0.25, 0.3) is 0 Å². The van der Waals surface area contributed by atoms with E-state index in [1.807, 2.05) is 0 Å². The highest BCUT2D eigenvalue weighted by Gasteiger charge is 2.29. The van der Waals surface area contributed by atoms with E-state index in [1.165, 1.54) is 44.3 Å². The molecule has 2 saturated heterocycles. The van der Waals surface area contributed by atoms with Crippen LogP contribution in [-0.4, -0.2) is 81.3 Å². The quantitative estimate of drug-likeness (QED) is 0.698. The fourth-order valence-corrected chi connectivity index (χ4v) is 5.22. The first-order chi connectivity index (χ1) is 13.4. The van der Waals surface area contributed by atoms with Crippen molar-refractivity contribution in [2.45, 2.75) is 43.2 Å². The summed E-state index contributed by atoms with van der Waals surface area (Å²) in [5.41, 5.74) is 0.611. The van der Waals surface area contributed by atoms with Gasteiger partial charge in [0.05, 0.1) is 11.4 Å². The van der Waals surface area contributed by atoms with Gasteiger partial charge in [-0.2, -0.15) is 0 Å². The Morgan fingerprint density at radius 2 is 1.86 bits per heavy atom. The Kier molecular flexibility index (Phi) is 7.09. The molecule has 1 atom stereocenters. The van der Waals surface area contributed by atoms with E-state index in [0.717, 1.165) is 25.9 Å². The zero-order valence-corrected chi connectivity index (χ0v) is 17.7. The van der Waals surface area contributed by atoms with Gasteiger partial charge in [0.2, 0.25) is 15.9 Å². The molecule has 156 valence electrons. The standard InChI is InChI=1S/C20H32N4O3S/c1-22(2)28(26,27)19-10-4-3-8-17(19)14-21-20(25)16-24-13-7-9-18(24)15-23-11-5-6-12-23/h3-4,8,10,18H,5-7,9,11-16H2,1-2H3,(H,21,25). The van der Waals surface area contributed by atoms with Crippen molar-refractivity contribution >= 4 is 15.9 Å². The van der Waals surface area contributed by atoms with Gasteiger partial charge in [-0.3, -0.25) is 9.69 Å². The minimum absolute atomic E-state index is 0.0506. The molecule has 2 aliphatic heterocycles. The summed E-state index contributed by atoms with van der Waals surface area (Å²) in [5, 5.41) is 2.91. The number of rotatable bonds is 8. The largest absolute Gasteiger partial charge is 0.351 e. The van der Waals surface area contributed by atoms with Crippen LogP contribution in [0.5, 0.6) is 0 Å². The fourth-order valence-electron chi connectivity index (χ4n) is 4.11. The van der Waals surface area contributed by atoms with Crippen LogP contribution in [0.4, 0.5) is 0 Å². The maximum absolute atomic E-state index is 12.5. The molecule has 0 spiro atoms. The number of hydrogen-bond donors (Lipinski definition) is 1. The van der Waals surface area contributed by atoms with E-state index in [4.69, 9.17) is 0 Å². The number of carbonyl (C=O) groups excluding carboxylic acids is 1. The summed E-state index contributed by atoms with van der Waals surface area (Å²) in [7, 11) is -0.509. The number of nitrogens with one attached hydrogen (secondary N) is 1. The van der Waals surface area contributed by atoms with Crippen molar-refractivity contribution in [1.29, 1.82) is 0 Å². The first-order valence-corrected chi connectivity index (χ1v) is 11.6. The molecule has 8 heteroatoms. The number of hydrogen-bond acceptors (Lipinski definition) is 5. The highest BCUT2D eigenvalue weighted by molar-refractivity contribution is 7.89. The average Bonchev–Trinajstić information content (AvgIpc) is 3.33. The lowest BCUT2D eigenvalue weighted by Crippen LogP contribution is -2.44. The third kappa shape index (κ3) is 5.11. The normalized spacial score (nSPS) is 21.5. The molecule has 2 fully saturated rings. The molecule has 0 saturated carbocycles. The van der Waals surface area contributed by atoms with E-state index in [0.29, 0.717) is 18.2 Å². The van der Waals surface area contributed by atoms with Crippen molar-refractivity contribution in [3.05, 3.63) is 29.8 Å². The third-order valence-electron chi connectivity index (χ3n) is 5.72. The third-order valence-corrected chi connectivity index (χ3v) is 7.64. The first-order valence-electron chi connectivity index (χ1n) is 10.1. The van der Waals surface area contributed by atoms with E-state index in [1.54, 1.807) is 24.3 Å². The number of carbonyl (C=O) groups is 1. The number of nitrogens with zero attached hydrogens (tertiary/aromatic N) is 3. The minimum Gasteiger partial charge on any atom is -0.351 e. The molecule has 28 heavy (non-hydrogen) atoms. The molecule has 1 aromatic carbocycles. The Bertz CT molecular complexity index is 775. The Morgan fingerprint density at radius 1 is 1.14 bits per heavy atom. The maximum Gasteiger partial charge on any atom is 0.242 e. The van der Waals surface area contributed by atoms with Gasteiger partial charge in [0.1, 0.15) is 0 Å². The molecular formula is C20H32N4O3S. The summed E-state index contributed by atoms with van der Waals surface area (Å²) < 4.78 is 26.2. The number of sulfonamides is 1. The lowest BCUT2D eigenvalue weighted by molar-refractivity contribution is -0.122. The van der Waals surface area contributed by atoms with Gasteiger partial charge >= 0.3 is 0 Å². The maximum atomic E-state index is 12.5. The van der Waals surface area contributed by atoms with Crippen LogP contribution >= 0.6 is 0 Å². The smallest absolute Gasteiger partial charge is 0.242 e. The predicted octanol–water partition coefficient (Wildman–Crippen LogP) is 1.11. The fraction of sp³-hybridized carbons (Fsp3) is 0.650. The average molecular weight is 409 g/mol. The van der Waals surface area contributed by atoms with Crippen molar-refractivity contribution < 1.29 is 13.2 Å². The Morgan fingerprint density at radius 3 is 2.57 bits per heavy atom. The van der Waals surface area contributed by atoms with Gasteiger partial charge in [-0.05, 0) is 56.9 Å². The van der Waals surface area contributed by atoms with Crippen LogP contribution in [0.1, 0.15) is 31.2 Å². The highest BCUT2D eigenvalue weighted by atomic mass is 32.2. The Hall–Kier alpha value is -1.48. The van der Waals surface area contributed by atoms with Gasteiger partial charge in [0.15, 0.2) is 0 Å². The molecule has 0 aliphatic carbocycles. The van der Waals surface area contributed by atoms with Gasteiger partial charge in [-0.25, -0.2) is 12.7 Å². The van der Waals surface area contributed by atoms with Gasteiger partial charge in [0, 0.05) is 33.2 Å². The number of benzene rings is 1. The zero-order chi connectivity index (χ0) is 20.1. The molecule has 1 unspecified atom stereocenters. The van der Waals surface area contributed by atoms with Crippen molar-refractivity contribution in [3.63, 3.8) is 0 Å². The number of likely N-dealkylation sites (tertiary alicyclic amines) is 2. The lowest BCUT2D eigenvalue weighted by atomic mass is 10.2. The Labute approximate surface area is 168 Å². The van der Waals surface area contributed by atoms with Gasteiger partial charge in [0.25, 0.3) is 0 Å². The second-order valence-electron chi connectivity index (χ2n) is 7.95. The van der Waals surface area contributed by atoms with Crippen molar-refractivity contribution in [2.24, 2.45) is 0 Å². The van der Waals surface area contributed by atoms with Gasteiger partial charge in [-0.1, -0.05) is 18.2 Å². The van der Waals surface area contributed by atoms with Crippen LogP contribution in [0.3, 0.4) is 0 Å². The molecule has 3 rings (SSSR count). The second kappa shape index (κ2) is 9.35.